The van der Waals surface area contributed by atoms with Crippen LogP contribution < -0.4 is 4.74 Å². The van der Waals surface area contributed by atoms with E-state index >= 15 is 0 Å². The van der Waals surface area contributed by atoms with Gasteiger partial charge in [0.05, 0.1) is 12.0 Å². The van der Waals surface area contributed by atoms with Gasteiger partial charge in [-0.1, -0.05) is 42.1 Å². The number of ether oxygens (including phenoxy) is 1. The predicted molar refractivity (Wildman–Crippen MR) is 81.0 cm³/mol. The molecule has 2 aromatic carbocycles. The standard InChI is InChI=1S/C16H19NOS/c1-17(2)12-13-8-7-11-15(18-3)16(13)19-14-9-5-4-6-10-14/h4-11H,12H2,1-3H3. The molecule has 0 saturated carbocycles. The van der Waals surface area contributed by atoms with Gasteiger partial charge in [0.2, 0.25) is 0 Å². The molecule has 0 unspecified atom stereocenters. The first-order chi connectivity index (χ1) is 9.20. The summed E-state index contributed by atoms with van der Waals surface area (Å²) < 4.78 is 5.50. The van der Waals surface area contributed by atoms with E-state index < -0.39 is 0 Å². The van der Waals surface area contributed by atoms with Crippen LogP contribution in [-0.4, -0.2) is 26.1 Å². The average Bonchev–Trinajstić information content (AvgIpc) is 2.41. The number of hydrogen-bond acceptors (Lipinski definition) is 3. The molecule has 0 fully saturated rings. The van der Waals surface area contributed by atoms with Crippen LogP contribution >= 0.6 is 11.8 Å². The van der Waals surface area contributed by atoms with Crippen molar-refractivity contribution < 1.29 is 4.74 Å². The number of benzene rings is 2. The maximum absolute atomic E-state index is 5.50. The predicted octanol–water partition coefficient (Wildman–Crippen LogP) is 3.91. The molecule has 19 heavy (non-hydrogen) atoms. The van der Waals surface area contributed by atoms with Gasteiger partial charge in [0, 0.05) is 11.4 Å². The maximum Gasteiger partial charge on any atom is 0.133 e. The summed E-state index contributed by atoms with van der Waals surface area (Å²) >= 11 is 1.76. The fourth-order valence-electron chi connectivity index (χ4n) is 1.91. The molecule has 2 rings (SSSR count). The van der Waals surface area contributed by atoms with Gasteiger partial charge in [-0.2, -0.15) is 0 Å². The highest BCUT2D eigenvalue weighted by atomic mass is 32.2. The number of hydrogen-bond donors (Lipinski definition) is 0. The molecule has 0 saturated heterocycles. The van der Waals surface area contributed by atoms with E-state index in [1.807, 2.05) is 18.2 Å². The first kappa shape index (κ1) is 14.0. The molecule has 0 bridgehead atoms. The zero-order valence-corrected chi connectivity index (χ0v) is 12.4. The highest BCUT2D eigenvalue weighted by Gasteiger charge is 2.11. The monoisotopic (exact) mass is 273 g/mol. The van der Waals surface area contributed by atoms with E-state index in [0.717, 1.165) is 12.3 Å². The average molecular weight is 273 g/mol. The third-order valence-corrected chi connectivity index (χ3v) is 3.91. The lowest BCUT2D eigenvalue weighted by Crippen LogP contribution is -2.11. The normalized spacial score (nSPS) is 10.7. The Hall–Kier alpha value is -1.45. The highest BCUT2D eigenvalue weighted by molar-refractivity contribution is 7.99. The molecule has 0 heterocycles. The van der Waals surface area contributed by atoms with Crippen LogP contribution in [0.5, 0.6) is 5.75 Å². The summed E-state index contributed by atoms with van der Waals surface area (Å²) in [5, 5.41) is 0. The molecule has 0 aliphatic heterocycles. The molecule has 0 radical (unpaired) electrons. The largest absolute Gasteiger partial charge is 0.496 e. The molecular weight excluding hydrogens is 254 g/mol. The van der Waals surface area contributed by atoms with Crippen molar-refractivity contribution in [3.63, 3.8) is 0 Å². The van der Waals surface area contributed by atoms with Crippen molar-refractivity contribution in [3.8, 4) is 5.75 Å². The first-order valence-electron chi connectivity index (χ1n) is 6.24. The topological polar surface area (TPSA) is 12.5 Å². The SMILES string of the molecule is COc1cccc(CN(C)C)c1Sc1ccccc1. The van der Waals surface area contributed by atoms with Crippen LogP contribution in [0.3, 0.4) is 0 Å². The van der Waals surface area contributed by atoms with Crippen molar-refractivity contribution in [2.45, 2.75) is 16.3 Å². The molecule has 3 heteroatoms. The second kappa shape index (κ2) is 6.64. The van der Waals surface area contributed by atoms with Crippen molar-refractivity contribution in [3.05, 3.63) is 54.1 Å². The quantitative estimate of drug-likeness (QED) is 0.819. The molecule has 0 atom stereocenters. The van der Waals surface area contributed by atoms with Crippen molar-refractivity contribution in [2.24, 2.45) is 0 Å². The van der Waals surface area contributed by atoms with Gasteiger partial charge in [-0.3, -0.25) is 0 Å². The van der Waals surface area contributed by atoms with Crippen LogP contribution in [-0.2, 0) is 6.54 Å². The van der Waals surface area contributed by atoms with Crippen LogP contribution in [0, 0.1) is 0 Å². The molecule has 100 valence electrons. The van der Waals surface area contributed by atoms with Crippen LogP contribution in [0.25, 0.3) is 0 Å². The summed E-state index contributed by atoms with van der Waals surface area (Å²) in [5.74, 6) is 0.938. The minimum atomic E-state index is 0.909. The molecule has 0 amide bonds. The van der Waals surface area contributed by atoms with E-state index in [2.05, 4.69) is 49.3 Å². The van der Waals surface area contributed by atoms with Crippen LogP contribution in [0.15, 0.2) is 58.3 Å². The van der Waals surface area contributed by atoms with Gasteiger partial charge in [-0.15, -0.1) is 0 Å². The Morgan fingerprint density at radius 3 is 2.37 bits per heavy atom. The lowest BCUT2D eigenvalue weighted by Gasteiger charge is -2.16. The summed E-state index contributed by atoms with van der Waals surface area (Å²) in [6.45, 7) is 0.909. The van der Waals surface area contributed by atoms with Gasteiger partial charge in [0.25, 0.3) is 0 Å². The maximum atomic E-state index is 5.50. The zero-order valence-electron chi connectivity index (χ0n) is 11.6. The van der Waals surface area contributed by atoms with Crippen molar-refractivity contribution in [2.75, 3.05) is 21.2 Å². The summed E-state index contributed by atoms with van der Waals surface area (Å²) in [5.41, 5.74) is 1.29. The summed E-state index contributed by atoms with van der Waals surface area (Å²) in [6.07, 6.45) is 0. The Bertz CT molecular complexity index is 526. The number of methoxy groups -OCH3 is 1. The molecule has 2 aromatic rings. The molecule has 0 spiro atoms. The van der Waals surface area contributed by atoms with Gasteiger partial charge < -0.3 is 9.64 Å². The molecule has 0 aromatic heterocycles. The Kier molecular flexibility index (Phi) is 4.88. The Morgan fingerprint density at radius 1 is 1.00 bits per heavy atom. The minimum absolute atomic E-state index is 0.909. The van der Waals surface area contributed by atoms with E-state index in [0.29, 0.717) is 0 Å². The number of rotatable bonds is 5. The van der Waals surface area contributed by atoms with Crippen molar-refractivity contribution >= 4 is 11.8 Å². The van der Waals surface area contributed by atoms with Crippen LogP contribution in [0.2, 0.25) is 0 Å². The first-order valence-corrected chi connectivity index (χ1v) is 7.06. The van der Waals surface area contributed by atoms with E-state index in [1.165, 1.54) is 15.4 Å². The molecule has 0 N–H and O–H groups in total. The molecule has 0 aliphatic rings. The third kappa shape index (κ3) is 3.75. The van der Waals surface area contributed by atoms with E-state index in [-0.39, 0.29) is 0 Å². The van der Waals surface area contributed by atoms with Gasteiger partial charge >= 0.3 is 0 Å². The summed E-state index contributed by atoms with van der Waals surface area (Å²) in [7, 11) is 5.89. The number of nitrogens with zero attached hydrogens (tertiary/aromatic N) is 1. The van der Waals surface area contributed by atoms with Crippen LogP contribution in [0.1, 0.15) is 5.56 Å². The highest BCUT2D eigenvalue weighted by Crippen LogP contribution is 2.37. The summed E-state index contributed by atoms with van der Waals surface area (Å²) in [4.78, 5) is 4.60. The van der Waals surface area contributed by atoms with Crippen LogP contribution in [0.4, 0.5) is 0 Å². The van der Waals surface area contributed by atoms with Gasteiger partial charge in [0.15, 0.2) is 0 Å². The molecule has 2 nitrogen and oxygen atoms in total. The Balaban J connectivity index is 2.35. The lowest BCUT2D eigenvalue weighted by molar-refractivity contribution is 0.385. The van der Waals surface area contributed by atoms with E-state index in [9.17, 15) is 0 Å². The fourth-order valence-corrected chi connectivity index (χ4v) is 2.95. The van der Waals surface area contributed by atoms with Gasteiger partial charge in [-0.05, 0) is 37.9 Å². The second-order valence-electron chi connectivity index (χ2n) is 4.60. The Labute approximate surface area is 119 Å². The smallest absolute Gasteiger partial charge is 0.133 e. The molecule has 0 aliphatic carbocycles. The van der Waals surface area contributed by atoms with E-state index in [4.69, 9.17) is 4.74 Å². The fraction of sp³-hybridized carbons (Fsp3) is 0.250. The minimum Gasteiger partial charge on any atom is -0.496 e. The van der Waals surface area contributed by atoms with Crippen molar-refractivity contribution in [1.29, 1.82) is 0 Å². The van der Waals surface area contributed by atoms with Gasteiger partial charge in [0.1, 0.15) is 5.75 Å². The third-order valence-electron chi connectivity index (χ3n) is 2.73. The van der Waals surface area contributed by atoms with Gasteiger partial charge in [-0.25, -0.2) is 0 Å². The second-order valence-corrected chi connectivity index (χ2v) is 5.69. The molecular formula is C16H19NOS. The van der Waals surface area contributed by atoms with E-state index in [1.54, 1.807) is 18.9 Å². The zero-order chi connectivity index (χ0) is 13.7. The summed E-state index contributed by atoms with van der Waals surface area (Å²) in [6, 6.07) is 16.6. The Morgan fingerprint density at radius 2 is 1.74 bits per heavy atom. The lowest BCUT2D eigenvalue weighted by atomic mass is 10.2. The van der Waals surface area contributed by atoms with Crippen molar-refractivity contribution in [1.82, 2.24) is 4.90 Å².